The van der Waals surface area contributed by atoms with Crippen LogP contribution in [0.15, 0.2) is 54.2 Å². The molecule has 5 nitrogen and oxygen atoms in total. The average molecular weight is 364 g/mol. The molecule has 0 radical (unpaired) electrons. The Hall–Kier alpha value is -2.94. The first-order valence-corrected chi connectivity index (χ1v) is 7.91. The summed E-state index contributed by atoms with van der Waals surface area (Å²) in [4.78, 5) is 20.3. The van der Waals surface area contributed by atoms with Crippen molar-refractivity contribution in [3.8, 4) is 0 Å². The van der Waals surface area contributed by atoms with Crippen LogP contribution in [-0.2, 0) is 6.18 Å². The molecule has 25 heavy (non-hydrogen) atoms. The van der Waals surface area contributed by atoms with Crippen molar-refractivity contribution in [3.63, 3.8) is 0 Å². The number of amides is 1. The van der Waals surface area contributed by atoms with Gasteiger partial charge in [0.2, 0.25) is 0 Å². The third kappa shape index (κ3) is 4.13. The zero-order valence-electron chi connectivity index (χ0n) is 12.5. The van der Waals surface area contributed by atoms with Gasteiger partial charge in [-0.05, 0) is 30.3 Å². The molecule has 3 aromatic rings. The van der Waals surface area contributed by atoms with E-state index < -0.39 is 17.6 Å². The Kier molecular flexibility index (Phi) is 4.66. The summed E-state index contributed by atoms with van der Waals surface area (Å²) >= 11 is 1.25. The largest absolute Gasteiger partial charge is 0.416 e. The SMILES string of the molecule is O=C(Nc1nccs1)c1cccnc1Nc1cccc(C(F)(F)F)c1. The van der Waals surface area contributed by atoms with Gasteiger partial charge in [-0.3, -0.25) is 10.1 Å². The Balaban J connectivity index is 1.85. The number of benzene rings is 1. The van der Waals surface area contributed by atoms with Gasteiger partial charge in [0.15, 0.2) is 5.13 Å². The van der Waals surface area contributed by atoms with Crippen LogP contribution >= 0.6 is 11.3 Å². The lowest BCUT2D eigenvalue weighted by molar-refractivity contribution is -0.137. The first-order chi connectivity index (χ1) is 11.9. The van der Waals surface area contributed by atoms with Crippen molar-refractivity contribution in [2.24, 2.45) is 0 Å². The molecule has 0 aliphatic heterocycles. The number of carbonyl (C=O) groups is 1. The Bertz CT molecular complexity index is 881. The Morgan fingerprint density at radius 1 is 1.08 bits per heavy atom. The highest BCUT2D eigenvalue weighted by Crippen LogP contribution is 2.31. The topological polar surface area (TPSA) is 66.9 Å². The third-order valence-corrected chi connectivity index (χ3v) is 3.85. The van der Waals surface area contributed by atoms with Crippen LogP contribution in [0.5, 0.6) is 0 Å². The van der Waals surface area contributed by atoms with Crippen LogP contribution in [0.2, 0.25) is 0 Å². The summed E-state index contributed by atoms with van der Waals surface area (Å²) in [7, 11) is 0. The number of aromatic nitrogens is 2. The van der Waals surface area contributed by atoms with Gasteiger partial charge in [0.1, 0.15) is 5.82 Å². The summed E-state index contributed by atoms with van der Waals surface area (Å²) in [5.74, 6) is -0.312. The molecule has 0 unspecified atom stereocenters. The molecule has 3 rings (SSSR count). The van der Waals surface area contributed by atoms with E-state index in [9.17, 15) is 18.0 Å². The van der Waals surface area contributed by atoms with Gasteiger partial charge in [-0.25, -0.2) is 9.97 Å². The van der Waals surface area contributed by atoms with Crippen molar-refractivity contribution in [3.05, 3.63) is 65.3 Å². The monoisotopic (exact) mass is 364 g/mol. The number of alkyl halides is 3. The second-order valence-electron chi connectivity index (χ2n) is 4.89. The van der Waals surface area contributed by atoms with Gasteiger partial charge < -0.3 is 5.32 Å². The molecular weight excluding hydrogens is 353 g/mol. The fourth-order valence-corrected chi connectivity index (χ4v) is 2.57. The van der Waals surface area contributed by atoms with Crippen LogP contribution in [0.1, 0.15) is 15.9 Å². The number of hydrogen-bond acceptors (Lipinski definition) is 5. The lowest BCUT2D eigenvalue weighted by atomic mass is 10.2. The zero-order valence-corrected chi connectivity index (χ0v) is 13.4. The van der Waals surface area contributed by atoms with Crippen LogP contribution in [0.3, 0.4) is 0 Å². The van der Waals surface area contributed by atoms with E-state index in [2.05, 4.69) is 20.6 Å². The van der Waals surface area contributed by atoms with Crippen molar-refractivity contribution >= 4 is 33.9 Å². The predicted molar refractivity (Wildman–Crippen MR) is 89.0 cm³/mol. The Labute approximate surface area is 144 Å². The van der Waals surface area contributed by atoms with E-state index in [4.69, 9.17) is 0 Å². The second kappa shape index (κ2) is 6.89. The Morgan fingerprint density at radius 3 is 2.64 bits per heavy atom. The molecule has 9 heteroatoms. The van der Waals surface area contributed by atoms with Crippen molar-refractivity contribution in [1.82, 2.24) is 9.97 Å². The molecule has 0 aliphatic carbocycles. The van der Waals surface area contributed by atoms with E-state index in [1.54, 1.807) is 17.6 Å². The third-order valence-electron chi connectivity index (χ3n) is 3.16. The number of nitrogens with zero attached hydrogens (tertiary/aromatic N) is 2. The molecule has 0 spiro atoms. The molecule has 0 aliphatic rings. The lowest BCUT2D eigenvalue weighted by Gasteiger charge is -2.12. The molecule has 2 aromatic heterocycles. The van der Waals surface area contributed by atoms with E-state index in [1.165, 1.54) is 35.7 Å². The van der Waals surface area contributed by atoms with Gasteiger partial charge >= 0.3 is 6.18 Å². The van der Waals surface area contributed by atoms with E-state index in [0.717, 1.165) is 12.1 Å². The molecular formula is C16H11F3N4OS. The summed E-state index contributed by atoms with van der Waals surface area (Å²) in [6.45, 7) is 0. The number of thiazole rings is 1. The normalized spacial score (nSPS) is 11.2. The molecule has 0 saturated heterocycles. The van der Waals surface area contributed by atoms with E-state index in [1.807, 2.05) is 0 Å². The minimum atomic E-state index is -4.45. The quantitative estimate of drug-likeness (QED) is 0.713. The summed E-state index contributed by atoms with van der Waals surface area (Å²) in [6, 6.07) is 7.76. The standard InChI is InChI=1S/C16H11F3N4OS/c17-16(18,19)10-3-1-4-11(9-10)22-13-12(5-2-6-20-13)14(24)23-15-21-7-8-25-15/h1-9H,(H,20,22)(H,21,23,24). The maximum atomic E-state index is 12.8. The second-order valence-corrected chi connectivity index (χ2v) is 5.79. The maximum Gasteiger partial charge on any atom is 0.416 e. The Morgan fingerprint density at radius 2 is 1.92 bits per heavy atom. The summed E-state index contributed by atoms with van der Waals surface area (Å²) in [5, 5.41) is 7.49. The highest BCUT2D eigenvalue weighted by Gasteiger charge is 2.30. The molecule has 0 atom stereocenters. The van der Waals surface area contributed by atoms with Crippen molar-refractivity contribution in [2.75, 3.05) is 10.6 Å². The minimum absolute atomic E-state index is 0.149. The van der Waals surface area contributed by atoms with Gasteiger partial charge in [0.25, 0.3) is 5.91 Å². The number of rotatable bonds is 4. The number of hydrogen-bond donors (Lipinski definition) is 2. The molecule has 1 amide bonds. The smallest absolute Gasteiger partial charge is 0.340 e. The fourth-order valence-electron chi connectivity index (χ4n) is 2.05. The number of nitrogens with one attached hydrogen (secondary N) is 2. The van der Waals surface area contributed by atoms with E-state index in [-0.39, 0.29) is 17.1 Å². The van der Waals surface area contributed by atoms with Gasteiger partial charge in [0, 0.05) is 23.5 Å². The van der Waals surface area contributed by atoms with Gasteiger partial charge in [-0.15, -0.1) is 11.3 Å². The molecule has 2 N–H and O–H groups in total. The molecule has 1 aromatic carbocycles. The molecule has 2 heterocycles. The number of pyridine rings is 1. The van der Waals surface area contributed by atoms with Crippen molar-refractivity contribution in [2.45, 2.75) is 6.18 Å². The van der Waals surface area contributed by atoms with Crippen molar-refractivity contribution < 1.29 is 18.0 Å². The van der Waals surface area contributed by atoms with E-state index in [0.29, 0.717) is 5.13 Å². The van der Waals surface area contributed by atoms with Gasteiger partial charge in [0.05, 0.1) is 11.1 Å². The molecule has 0 fully saturated rings. The summed E-state index contributed by atoms with van der Waals surface area (Å²) in [5.41, 5.74) is -0.422. The number of carbonyl (C=O) groups excluding carboxylic acids is 1. The zero-order chi connectivity index (χ0) is 17.9. The highest BCUT2D eigenvalue weighted by molar-refractivity contribution is 7.13. The molecule has 128 valence electrons. The number of halogens is 3. The van der Waals surface area contributed by atoms with Crippen LogP contribution in [-0.4, -0.2) is 15.9 Å². The van der Waals surface area contributed by atoms with Crippen molar-refractivity contribution in [1.29, 1.82) is 0 Å². The van der Waals surface area contributed by atoms with Crippen LogP contribution in [0.4, 0.5) is 29.8 Å². The average Bonchev–Trinajstić information content (AvgIpc) is 3.08. The lowest BCUT2D eigenvalue weighted by Crippen LogP contribution is -2.14. The van der Waals surface area contributed by atoms with E-state index >= 15 is 0 Å². The van der Waals surface area contributed by atoms with Gasteiger partial charge in [-0.2, -0.15) is 13.2 Å². The summed E-state index contributed by atoms with van der Waals surface area (Å²) < 4.78 is 38.4. The van der Waals surface area contributed by atoms with Gasteiger partial charge in [-0.1, -0.05) is 6.07 Å². The molecule has 0 bridgehead atoms. The maximum absolute atomic E-state index is 12.8. The first kappa shape index (κ1) is 16.9. The first-order valence-electron chi connectivity index (χ1n) is 7.03. The minimum Gasteiger partial charge on any atom is -0.340 e. The number of anilines is 3. The van der Waals surface area contributed by atoms with Crippen LogP contribution < -0.4 is 10.6 Å². The predicted octanol–water partition coefficient (Wildman–Crippen LogP) is 4.55. The van der Waals surface area contributed by atoms with Crippen LogP contribution in [0, 0.1) is 0 Å². The highest BCUT2D eigenvalue weighted by atomic mass is 32.1. The fraction of sp³-hybridized carbons (Fsp3) is 0.0625. The molecule has 0 saturated carbocycles. The van der Waals surface area contributed by atoms with Crippen LogP contribution in [0.25, 0.3) is 0 Å². The summed E-state index contributed by atoms with van der Waals surface area (Å²) in [6.07, 6.45) is -1.46.